The smallest absolute Gasteiger partial charge is 0.249 e. The van der Waals surface area contributed by atoms with Crippen LogP contribution in [0.3, 0.4) is 0 Å². The molecule has 5 nitrogen and oxygen atoms in total. The van der Waals surface area contributed by atoms with Gasteiger partial charge in [0.2, 0.25) is 5.91 Å². The average molecular weight is 336 g/mol. The van der Waals surface area contributed by atoms with Gasteiger partial charge in [-0.25, -0.2) is 0 Å². The Balaban J connectivity index is 1.89. The number of carbonyl (C=O) groups is 1. The molecule has 0 fully saturated rings. The van der Waals surface area contributed by atoms with E-state index in [4.69, 9.17) is 16.3 Å². The molecular weight excluding hydrogens is 314 g/mol. The lowest BCUT2D eigenvalue weighted by molar-refractivity contribution is -0.139. The molecule has 0 saturated carbocycles. The molecule has 0 N–H and O–H groups in total. The SMILES string of the molecule is CC(C)N(Cc1cnn(C)c1)C(=O)COCc1ccccc1Cl. The Bertz CT molecular complexity index is 655. The fourth-order valence-electron chi connectivity index (χ4n) is 2.26. The van der Waals surface area contributed by atoms with Crippen molar-refractivity contribution < 1.29 is 9.53 Å². The molecule has 0 radical (unpaired) electrons. The number of amides is 1. The van der Waals surface area contributed by atoms with E-state index in [1.165, 1.54) is 0 Å². The fraction of sp³-hybridized carbons (Fsp3) is 0.412. The largest absolute Gasteiger partial charge is 0.367 e. The number of ether oxygens (including phenoxy) is 1. The van der Waals surface area contributed by atoms with Crippen molar-refractivity contribution in [2.75, 3.05) is 6.61 Å². The van der Waals surface area contributed by atoms with E-state index in [-0.39, 0.29) is 18.6 Å². The second-order valence-corrected chi connectivity index (χ2v) is 6.13. The molecule has 0 saturated heterocycles. The zero-order valence-corrected chi connectivity index (χ0v) is 14.5. The summed E-state index contributed by atoms with van der Waals surface area (Å²) in [4.78, 5) is 14.2. The van der Waals surface area contributed by atoms with Gasteiger partial charge >= 0.3 is 0 Å². The number of carbonyl (C=O) groups excluding carboxylic acids is 1. The predicted octanol–water partition coefficient (Wildman–Crippen LogP) is 3.03. The van der Waals surface area contributed by atoms with Crippen LogP contribution in [0.4, 0.5) is 0 Å². The Morgan fingerprint density at radius 1 is 1.39 bits per heavy atom. The highest BCUT2D eigenvalue weighted by molar-refractivity contribution is 6.31. The third-order valence-electron chi connectivity index (χ3n) is 3.50. The number of aryl methyl sites for hydroxylation is 1. The quantitative estimate of drug-likeness (QED) is 0.781. The number of nitrogens with zero attached hydrogens (tertiary/aromatic N) is 3. The molecule has 124 valence electrons. The Hall–Kier alpha value is -1.85. The molecule has 0 atom stereocenters. The molecule has 1 amide bonds. The van der Waals surface area contributed by atoms with E-state index < -0.39 is 0 Å². The van der Waals surface area contributed by atoms with Gasteiger partial charge in [0, 0.05) is 36.4 Å². The average Bonchev–Trinajstić information content (AvgIpc) is 2.91. The van der Waals surface area contributed by atoms with Crippen molar-refractivity contribution in [1.29, 1.82) is 0 Å². The first-order valence-electron chi connectivity index (χ1n) is 7.55. The molecule has 2 aromatic rings. The minimum atomic E-state index is -0.0455. The van der Waals surface area contributed by atoms with Gasteiger partial charge in [-0.2, -0.15) is 5.10 Å². The van der Waals surface area contributed by atoms with Crippen LogP contribution >= 0.6 is 11.6 Å². The van der Waals surface area contributed by atoms with Crippen molar-refractivity contribution in [3.63, 3.8) is 0 Å². The highest BCUT2D eigenvalue weighted by Gasteiger charge is 2.18. The summed E-state index contributed by atoms with van der Waals surface area (Å²) in [7, 11) is 1.86. The second kappa shape index (κ2) is 8.13. The summed E-state index contributed by atoms with van der Waals surface area (Å²) in [6.45, 7) is 4.86. The van der Waals surface area contributed by atoms with Gasteiger partial charge in [-0.15, -0.1) is 0 Å². The molecule has 1 aromatic carbocycles. The van der Waals surface area contributed by atoms with E-state index in [1.807, 2.05) is 51.4 Å². The third kappa shape index (κ3) is 5.08. The molecule has 0 spiro atoms. The van der Waals surface area contributed by atoms with Crippen LogP contribution < -0.4 is 0 Å². The molecule has 6 heteroatoms. The van der Waals surface area contributed by atoms with Gasteiger partial charge in [-0.3, -0.25) is 9.48 Å². The number of hydrogen-bond donors (Lipinski definition) is 0. The minimum Gasteiger partial charge on any atom is -0.367 e. The van der Waals surface area contributed by atoms with Crippen molar-refractivity contribution in [3.8, 4) is 0 Å². The lowest BCUT2D eigenvalue weighted by atomic mass is 10.2. The van der Waals surface area contributed by atoms with Crippen LogP contribution in [0.15, 0.2) is 36.7 Å². The van der Waals surface area contributed by atoms with Crippen LogP contribution in [0, 0.1) is 0 Å². The molecule has 0 unspecified atom stereocenters. The molecular formula is C17H22ClN3O2. The maximum Gasteiger partial charge on any atom is 0.249 e. The minimum absolute atomic E-state index is 0.0314. The molecule has 0 aliphatic carbocycles. The van der Waals surface area contributed by atoms with Gasteiger partial charge in [-0.1, -0.05) is 29.8 Å². The third-order valence-corrected chi connectivity index (χ3v) is 3.86. The zero-order chi connectivity index (χ0) is 16.8. The van der Waals surface area contributed by atoms with E-state index >= 15 is 0 Å². The zero-order valence-electron chi connectivity index (χ0n) is 13.7. The maximum atomic E-state index is 12.4. The Morgan fingerprint density at radius 2 is 2.13 bits per heavy atom. The monoisotopic (exact) mass is 335 g/mol. The lowest BCUT2D eigenvalue weighted by Crippen LogP contribution is -2.38. The molecule has 23 heavy (non-hydrogen) atoms. The van der Waals surface area contributed by atoms with Crippen molar-refractivity contribution >= 4 is 17.5 Å². The Kier molecular flexibility index (Phi) is 6.19. The topological polar surface area (TPSA) is 47.4 Å². The van der Waals surface area contributed by atoms with Gasteiger partial charge in [0.15, 0.2) is 0 Å². The number of benzene rings is 1. The number of aromatic nitrogens is 2. The normalized spacial score (nSPS) is 11.0. The fourth-order valence-corrected chi connectivity index (χ4v) is 2.45. The van der Waals surface area contributed by atoms with Gasteiger partial charge in [0.05, 0.1) is 12.8 Å². The molecule has 0 aliphatic heterocycles. The molecule has 0 aliphatic rings. The van der Waals surface area contributed by atoms with E-state index in [1.54, 1.807) is 15.8 Å². The van der Waals surface area contributed by atoms with Crippen LogP contribution in [-0.2, 0) is 29.7 Å². The summed E-state index contributed by atoms with van der Waals surface area (Å²) < 4.78 is 7.27. The molecule has 1 heterocycles. The first-order valence-corrected chi connectivity index (χ1v) is 7.93. The van der Waals surface area contributed by atoms with Crippen LogP contribution in [0.1, 0.15) is 25.0 Å². The van der Waals surface area contributed by atoms with E-state index in [0.29, 0.717) is 18.2 Å². The van der Waals surface area contributed by atoms with Crippen LogP contribution in [0.2, 0.25) is 5.02 Å². The number of halogens is 1. The summed E-state index contributed by atoms with van der Waals surface area (Å²) in [6, 6.07) is 7.56. The molecule has 1 aromatic heterocycles. The van der Waals surface area contributed by atoms with Gasteiger partial charge < -0.3 is 9.64 Å². The van der Waals surface area contributed by atoms with E-state index in [9.17, 15) is 4.79 Å². The van der Waals surface area contributed by atoms with Crippen molar-refractivity contribution in [2.45, 2.75) is 33.0 Å². The number of rotatable bonds is 7. The predicted molar refractivity (Wildman–Crippen MR) is 90.0 cm³/mol. The first kappa shape index (κ1) is 17.5. The van der Waals surface area contributed by atoms with E-state index in [2.05, 4.69) is 5.10 Å². The Morgan fingerprint density at radius 3 is 2.74 bits per heavy atom. The highest BCUT2D eigenvalue weighted by Crippen LogP contribution is 2.16. The van der Waals surface area contributed by atoms with Gasteiger partial charge in [0.25, 0.3) is 0 Å². The van der Waals surface area contributed by atoms with Crippen molar-refractivity contribution in [2.24, 2.45) is 7.05 Å². The summed E-state index contributed by atoms with van der Waals surface area (Å²) in [5.74, 6) is -0.0455. The highest BCUT2D eigenvalue weighted by atomic mass is 35.5. The summed E-state index contributed by atoms with van der Waals surface area (Å²) >= 11 is 6.08. The summed E-state index contributed by atoms with van der Waals surface area (Å²) in [5.41, 5.74) is 1.88. The van der Waals surface area contributed by atoms with Gasteiger partial charge in [0.1, 0.15) is 6.61 Å². The standard InChI is InChI=1S/C17H22ClN3O2/c1-13(2)21(10-14-8-19-20(3)9-14)17(22)12-23-11-15-6-4-5-7-16(15)18/h4-9,13H,10-12H2,1-3H3. The molecule has 2 rings (SSSR count). The second-order valence-electron chi connectivity index (χ2n) is 5.72. The van der Waals surface area contributed by atoms with Crippen molar-refractivity contribution in [1.82, 2.24) is 14.7 Å². The summed E-state index contributed by atoms with van der Waals surface area (Å²) in [5, 5.41) is 4.78. The van der Waals surface area contributed by atoms with Crippen LogP contribution in [0.25, 0.3) is 0 Å². The van der Waals surface area contributed by atoms with Crippen LogP contribution in [0.5, 0.6) is 0 Å². The Labute approximate surface area is 141 Å². The summed E-state index contributed by atoms with van der Waals surface area (Å²) in [6.07, 6.45) is 3.68. The number of hydrogen-bond acceptors (Lipinski definition) is 3. The van der Waals surface area contributed by atoms with Crippen LogP contribution in [-0.4, -0.2) is 33.2 Å². The van der Waals surface area contributed by atoms with E-state index in [0.717, 1.165) is 11.1 Å². The van der Waals surface area contributed by atoms with Gasteiger partial charge in [-0.05, 0) is 25.5 Å². The first-order chi connectivity index (χ1) is 11.0. The lowest BCUT2D eigenvalue weighted by Gasteiger charge is -2.26. The maximum absolute atomic E-state index is 12.4. The van der Waals surface area contributed by atoms with Crippen molar-refractivity contribution in [3.05, 3.63) is 52.8 Å². The molecule has 0 bridgehead atoms.